The zero-order valence-electron chi connectivity index (χ0n) is 13.1. The van der Waals surface area contributed by atoms with E-state index in [-0.39, 0.29) is 11.8 Å². The summed E-state index contributed by atoms with van der Waals surface area (Å²) in [5.41, 5.74) is -0.0256. The predicted octanol–water partition coefficient (Wildman–Crippen LogP) is 1.52. The van der Waals surface area contributed by atoms with Crippen molar-refractivity contribution in [3.8, 4) is 6.07 Å². The zero-order chi connectivity index (χ0) is 16.6. The lowest BCUT2D eigenvalue weighted by atomic mass is 9.80. The van der Waals surface area contributed by atoms with Gasteiger partial charge in [0, 0.05) is 25.9 Å². The van der Waals surface area contributed by atoms with Crippen molar-refractivity contribution >= 4 is 23.6 Å². The number of nitriles is 1. The number of pyridine rings is 1. The molecule has 23 heavy (non-hydrogen) atoms. The normalized spacial score (nSPS) is 41.4. The van der Waals surface area contributed by atoms with E-state index in [9.17, 15) is 14.9 Å². The molecule has 2 bridgehead atoms. The molecule has 1 spiro atoms. The van der Waals surface area contributed by atoms with Crippen molar-refractivity contribution in [1.82, 2.24) is 14.8 Å². The minimum absolute atomic E-state index is 0.0857. The molecule has 4 rings (SSSR count). The Morgan fingerprint density at radius 2 is 2.13 bits per heavy atom. The Balaban J connectivity index is 1.94. The number of thioether (sulfide) groups is 1. The molecule has 3 aliphatic heterocycles. The summed E-state index contributed by atoms with van der Waals surface area (Å²) >= 11 is 1.37. The molecular formula is C16H16N4O2S. The van der Waals surface area contributed by atoms with Crippen LogP contribution in [0.4, 0.5) is 0 Å². The van der Waals surface area contributed by atoms with Crippen LogP contribution in [0.25, 0.3) is 0 Å². The van der Waals surface area contributed by atoms with E-state index in [2.05, 4.69) is 11.1 Å². The van der Waals surface area contributed by atoms with E-state index in [0.717, 1.165) is 5.56 Å². The third kappa shape index (κ3) is 1.43. The molecular weight excluding hydrogens is 312 g/mol. The molecule has 6 nitrogen and oxygen atoms in total. The summed E-state index contributed by atoms with van der Waals surface area (Å²) in [5, 5.41) is 9.80. The number of hydrogen-bond donors (Lipinski definition) is 0. The molecule has 3 saturated heterocycles. The van der Waals surface area contributed by atoms with Gasteiger partial charge in [-0.05, 0) is 25.5 Å². The Hall–Kier alpha value is -2.07. The van der Waals surface area contributed by atoms with Crippen LogP contribution in [0.2, 0.25) is 0 Å². The molecule has 4 atom stereocenters. The third-order valence-electron chi connectivity index (χ3n) is 5.38. The first-order chi connectivity index (χ1) is 10.8. The summed E-state index contributed by atoms with van der Waals surface area (Å²) < 4.78 is 0. The van der Waals surface area contributed by atoms with E-state index in [4.69, 9.17) is 0 Å². The largest absolute Gasteiger partial charge is 0.320 e. The first kappa shape index (κ1) is 14.5. The van der Waals surface area contributed by atoms with Crippen LogP contribution in [-0.4, -0.2) is 43.4 Å². The Morgan fingerprint density at radius 1 is 1.39 bits per heavy atom. The Kier molecular flexibility index (Phi) is 2.56. The van der Waals surface area contributed by atoms with Crippen LogP contribution in [0.3, 0.4) is 0 Å². The molecule has 7 heteroatoms. The summed E-state index contributed by atoms with van der Waals surface area (Å²) in [5.74, 6) is -0.185. The lowest BCUT2D eigenvalue weighted by molar-refractivity contribution is -0.159. The fourth-order valence-electron chi connectivity index (χ4n) is 4.18. The van der Waals surface area contributed by atoms with Gasteiger partial charge in [0.25, 0.3) is 11.8 Å². The first-order valence-corrected chi connectivity index (χ1v) is 8.25. The maximum atomic E-state index is 13.1. The highest BCUT2D eigenvalue weighted by molar-refractivity contribution is 8.04. The summed E-state index contributed by atoms with van der Waals surface area (Å²) in [4.78, 5) is 31.4. The lowest BCUT2D eigenvalue weighted by Crippen LogP contribution is -2.60. The second kappa shape index (κ2) is 4.06. The van der Waals surface area contributed by atoms with E-state index in [0.29, 0.717) is 6.42 Å². The summed E-state index contributed by atoms with van der Waals surface area (Å²) in [7, 11) is 1.67. The van der Waals surface area contributed by atoms with E-state index in [1.165, 1.54) is 16.7 Å². The number of fused-ring (bicyclic) bond motifs is 1. The lowest BCUT2D eigenvalue weighted by Gasteiger charge is -2.39. The molecule has 2 unspecified atom stereocenters. The minimum Gasteiger partial charge on any atom is -0.320 e. The average Bonchev–Trinajstić information content (AvgIpc) is 3.01. The van der Waals surface area contributed by atoms with Crippen molar-refractivity contribution in [1.29, 1.82) is 5.26 Å². The first-order valence-electron chi connectivity index (χ1n) is 7.43. The number of carbonyl (C=O) groups is 2. The predicted molar refractivity (Wildman–Crippen MR) is 83.7 cm³/mol. The van der Waals surface area contributed by atoms with Gasteiger partial charge in [0.15, 0.2) is 9.74 Å². The summed E-state index contributed by atoms with van der Waals surface area (Å²) in [6, 6.07) is 5.56. The maximum Gasteiger partial charge on any atom is 0.261 e. The molecule has 3 fully saturated rings. The zero-order valence-corrected chi connectivity index (χ0v) is 13.9. The van der Waals surface area contributed by atoms with Crippen LogP contribution in [-0.2, 0) is 9.59 Å². The van der Waals surface area contributed by atoms with Crippen molar-refractivity contribution in [3.63, 3.8) is 0 Å². The molecule has 0 saturated carbocycles. The van der Waals surface area contributed by atoms with Crippen LogP contribution in [0.15, 0.2) is 24.5 Å². The number of amides is 2. The molecule has 1 aromatic rings. The third-order valence-corrected chi connectivity index (χ3v) is 7.07. The average molecular weight is 328 g/mol. The molecule has 2 amide bonds. The van der Waals surface area contributed by atoms with E-state index in [1.807, 2.05) is 13.0 Å². The van der Waals surface area contributed by atoms with Gasteiger partial charge in [0.05, 0.1) is 17.5 Å². The fraction of sp³-hybridized carbons (Fsp3) is 0.500. The maximum absolute atomic E-state index is 13.1. The van der Waals surface area contributed by atoms with Gasteiger partial charge in [-0.1, -0.05) is 17.8 Å². The van der Waals surface area contributed by atoms with Crippen molar-refractivity contribution in [2.75, 3.05) is 7.05 Å². The molecule has 0 aliphatic carbocycles. The van der Waals surface area contributed by atoms with Gasteiger partial charge in [-0.3, -0.25) is 14.6 Å². The molecule has 0 radical (unpaired) electrons. The molecule has 0 N–H and O–H groups in total. The van der Waals surface area contributed by atoms with E-state index >= 15 is 0 Å². The molecule has 4 heterocycles. The van der Waals surface area contributed by atoms with Crippen LogP contribution < -0.4 is 0 Å². The Bertz CT molecular complexity index is 778. The second-order valence-corrected chi connectivity index (χ2v) is 8.48. The standard InChI is InChI=1S/C16H16N4O2S/c1-14(9-17)8-16-13(22)19(3)15(2,23-16)12(21)20(16)11(14)10-5-4-6-18-7-10/h4-7,11H,8H2,1-3H3/t11?,14-,15+,16?/m0/s1. The molecule has 3 aliphatic rings. The number of likely N-dealkylation sites (N-methyl/N-ethyl adjacent to an activating group) is 1. The van der Waals surface area contributed by atoms with Crippen molar-refractivity contribution in [2.45, 2.75) is 36.1 Å². The number of rotatable bonds is 1. The van der Waals surface area contributed by atoms with Crippen LogP contribution in [0.1, 0.15) is 31.9 Å². The summed E-state index contributed by atoms with van der Waals surface area (Å²) in [6.45, 7) is 3.61. The number of hydrogen-bond acceptors (Lipinski definition) is 5. The quantitative estimate of drug-likeness (QED) is 0.781. The van der Waals surface area contributed by atoms with Crippen molar-refractivity contribution in [2.24, 2.45) is 5.41 Å². The van der Waals surface area contributed by atoms with Gasteiger partial charge in [-0.25, -0.2) is 0 Å². The van der Waals surface area contributed by atoms with Crippen LogP contribution in [0, 0.1) is 16.7 Å². The van der Waals surface area contributed by atoms with Gasteiger partial charge in [-0.2, -0.15) is 5.26 Å². The van der Waals surface area contributed by atoms with E-state index in [1.54, 1.807) is 37.3 Å². The highest BCUT2D eigenvalue weighted by Gasteiger charge is 2.78. The van der Waals surface area contributed by atoms with Crippen molar-refractivity contribution < 1.29 is 9.59 Å². The van der Waals surface area contributed by atoms with Gasteiger partial charge >= 0.3 is 0 Å². The molecule has 118 valence electrons. The van der Waals surface area contributed by atoms with Gasteiger partial charge in [0.1, 0.15) is 0 Å². The highest BCUT2D eigenvalue weighted by atomic mass is 32.2. The molecule has 1 aromatic heterocycles. The molecule has 0 aromatic carbocycles. The van der Waals surface area contributed by atoms with Crippen LogP contribution in [0.5, 0.6) is 0 Å². The van der Waals surface area contributed by atoms with Gasteiger partial charge in [0.2, 0.25) is 0 Å². The van der Waals surface area contributed by atoms with Gasteiger partial charge in [-0.15, -0.1) is 0 Å². The fourth-order valence-corrected chi connectivity index (χ4v) is 6.13. The topological polar surface area (TPSA) is 77.3 Å². The summed E-state index contributed by atoms with van der Waals surface area (Å²) in [6.07, 6.45) is 3.68. The highest BCUT2D eigenvalue weighted by Crippen LogP contribution is 2.69. The Morgan fingerprint density at radius 3 is 2.74 bits per heavy atom. The smallest absolute Gasteiger partial charge is 0.261 e. The SMILES string of the molecule is CN1C(=O)C23C[C@@](C)(C#N)C(c4cccnc4)N2C(=O)[C@@]1(C)S3. The number of carbonyl (C=O) groups excluding carboxylic acids is 2. The van der Waals surface area contributed by atoms with Crippen molar-refractivity contribution in [3.05, 3.63) is 30.1 Å². The number of piperazine rings is 1. The van der Waals surface area contributed by atoms with Gasteiger partial charge < -0.3 is 9.80 Å². The Labute approximate surface area is 138 Å². The van der Waals surface area contributed by atoms with E-state index < -0.39 is 21.2 Å². The van der Waals surface area contributed by atoms with Crippen LogP contribution >= 0.6 is 11.8 Å². The minimum atomic E-state index is -0.967. The second-order valence-electron chi connectivity index (χ2n) is 6.80. The number of nitrogens with zero attached hydrogens (tertiary/aromatic N) is 4. The number of aromatic nitrogens is 1. The monoisotopic (exact) mass is 328 g/mol.